The lowest BCUT2D eigenvalue weighted by Gasteiger charge is -2.31. The summed E-state index contributed by atoms with van der Waals surface area (Å²) in [6.07, 6.45) is 6.71. The first-order valence-corrected chi connectivity index (χ1v) is 13.4. The van der Waals surface area contributed by atoms with Crippen LogP contribution >= 0.6 is 35.0 Å². The quantitative estimate of drug-likeness (QED) is 0.287. The Kier molecular flexibility index (Phi) is 10.4. The van der Waals surface area contributed by atoms with Crippen molar-refractivity contribution in [1.82, 2.24) is 10.2 Å². The SMILES string of the molecule is C[C@@H](C(=O)NC1CCCCC1)N(Cc1ccc(Cl)cc1)C(=O)CCCSc1ccc(Cl)cc1. The molecule has 2 amide bonds. The average molecular weight is 508 g/mol. The van der Waals surface area contributed by atoms with Crippen LogP contribution in [-0.2, 0) is 16.1 Å². The second-order valence-corrected chi connectivity index (χ2v) is 10.6. The Balaban J connectivity index is 1.59. The van der Waals surface area contributed by atoms with Gasteiger partial charge in [-0.2, -0.15) is 0 Å². The number of hydrogen-bond acceptors (Lipinski definition) is 3. The van der Waals surface area contributed by atoms with Gasteiger partial charge in [0.15, 0.2) is 0 Å². The summed E-state index contributed by atoms with van der Waals surface area (Å²) in [5.41, 5.74) is 0.959. The molecule has 178 valence electrons. The number of carbonyl (C=O) groups is 2. The average Bonchev–Trinajstić information content (AvgIpc) is 2.82. The van der Waals surface area contributed by atoms with Crippen LogP contribution in [0, 0.1) is 0 Å². The number of carbonyl (C=O) groups excluding carboxylic acids is 2. The number of nitrogens with one attached hydrogen (secondary N) is 1. The molecule has 0 saturated heterocycles. The topological polar surface area (TPSA) is 49.4 Å². The minimum absolute atomic E-state index is 0.00653. The highest BCUT2D eigenvalue weighted by Gasteiger charge is 2.27. The van der Waals surface area contributed by atoms with Crippen LogP contribution in [0.4, 0.5) is 0 Å². The van der Waals surface area contributed by atoms with Gasteiger partial charge in [0.05, 0.1) is 0 Å². The first-order chi connectivity index (χ1) is 15.9. The third-order valence-corrected chi connectivity index (χ3v) is 7.60. The van der Waals surface area contributed by atoms with E-state index in [0.717, 1.165) is 48.3 Å². The third-order valence-electron chi connectivity index (χ3n) is 6.00. The molecule has 0 spiro atoms. The van der Waals surface area contributed by atoms with Gasteiger partial charge in [0.25, 0.3) is 0 Å². The Morgan fingerprint density at radius 3 is 2.24 bits per heavy atom. The van der Waals surface area contributed by atoms with Crippen molar-refractivity contribution in [3.05, 3.63) is 64.1 Å². The van der Waals surface area contributed by atoms with Crippen LogP contribution < -0.4 is 5.32 Å². The fourth-order valence-electron chi connectivity index (χ4n) is 4.03. The zero-order chi connectivity index (χ0) is 23.6. The van der Waals surface area contributed by atoms with E-state index in [1.54, 1.807) is 16.7 Å². The van der Waals surface area contributed by atoms with Crippen molar-refractivity contribution in [3.63, 3.8) is 0 Å². The molecule has 0 radical (unpaired) electrons. The summed E-state index contributed by atoms with van der Waals surface area (Å²) in [5.74, 6) is 0.748. The minimum Gasteiger partial charge on any atom is -0.352 e. The van der Waals surface area contributed by atoms with Gasteiger partial charge in [0, 0.05) is 33.9 Å². The predicted molar refractivity (Wildman–Crippen MR) is 138 cm³/mol. The lowest BCUT2D eigenvalue weighted by molar-refractivity contribution is -0.141. The van der Waals surface area contributed by atoms with Crippen LogP contribution in [-0.4, -0.2) is 34.6 Å². The summed E-state index contributed by atoms with van der Waals surface area (Å²) in [6.45, 7) is 2.22. The van der Waals surface area contributed by atoms with Crippen molar-refractivity contribution >= 4 is 46.8 Å². The van der Waals surface area contributed by atoms with Crippen molar-refractivity contribution < 1.29 is 9.59 Å². The fraction of sp³-hybridized carbons (Fsp3) is 0.462. The third kappa shape index (κ3) is 8.55. The number of halogens is 2. The molecule has 7 heteroatoms. The number of hydrogen-bond donors (Lipinski definition) is 1. The van der Waals surface area contributed by atoms with E-state index in [1.165, 1.54) is 6.42 Å². The molecule has 1 saturated carbocycles. The molecule has 33 heavy (non-hydrogen) atoms. The van der Waals surface area contributed by atoms with E-state index in [0.29, 0.717) is 23.0 Å². The summed E-state index contributed by atoms with van der Waals surface area (Å²) in [5, 5.41) is 4.54. The van der Waals surface area contributed by atoms with E-state index in [-0.39, 0.29) is 17.9 Å². The Bertz CT molecular complexity index is 900. The molecule has 0 bridgehead atoms. The monoisotopic (exact) mass is 506 g/mol. The molecule has 1 aliphatic carbocycles. The van der Waals surface area contributed by atoms with Gasteiger partial charge in [-0.05, 0) is 73.9 Å². The maximum atomic E-state index is 13.2. The Hall–Kier alpha value is -1.69. The van der Waals surface area contributed by atoms with Gasteiger partial charge in [-0.15, -0.1) is 11.8 Å². The molecule has 1 fully saturated rings. The lowest BCUT2D eigenvalue weighted by atomic mass is 9.95. The highest BCUT2D eigenvalue weighted by molar-refractivity contribution is 7.99. The number of thioether (sulfide) groups is 1. The molecule has 1 N–H and O–H groups in total. The molecule has 2 aromatic carbocycles. The van der Waals surface area contributed by atoms with Crippen molar-refractivity contribution in [2.75, 3.05) is 5.75 Å². The van der Waals surface area contributed by atoms with Gasteiger partial charge in [-0.1, -0.05) is 54.6 Å². The molecular formula is C26H32Cl2N2O2S. The summed E-state index contributed by atoms with van der Waals surface area (Å²) in [6, 6.07) is 14.8. The first kappa shape index (κ1) is 25.9. The summed E-state index contributed by atoms with van der Waals surface area (Å²) in [7, 11) is 0. The van der Waals surface area contributed by atoms with Crippen LogP contribution in [0.1, 0.15) is 57.4 Å². The Labute approximate surface area is 211 Å². The lowest BCUT2D eigenvalue weighted by Crippen LogP contribution is -2.50. The van der Waals surface area contributed by atoms with E-state index in [9.17, 15) is 9.59 Å². The van der Waals surface area contributed by atoms with Crippen LogP contribution in [0.3, 0.4) is 0 Å². The Morgan fingerprint density at radius 2 is 1.61 bits per heavy atom. The van der Waals surface area contributed by atoms with Crippen molar-refractivity contribution in [1.29, 1.82) is 0 Å². The first-order valence-electron chi connectivity index (χ1n) is 11.6. The van der Waals surface area contributed by atoms with Crippen LogP contribution in [0.5, 0.6) is 0 Å². The second kappa shape index (κ2) is 13.3. The normalized spacial score (nSPS) is 15.1. The summed E-state index contributed by atoms with van der Waals surface area (Å²) >= 11 is 13.7. The fourth-order valence-corrected chi connectivity index (χ4v) is 5.13. The zero-order valence-corrected chi connectivity index (χ0v) is 21.4. The van der Waals surface area contributed by atoms with Crippen molar-refractivity contribution in [2.24, 2.45) is 0 Å². The number of rotatable bonds is 10. The van der Waals surface area contributed by atoms with Crippen molar-refractivity contribution in [2.45, 2.75) is 75.4 Å². The molecule has 2 aromatic rings. The van der Waals surface area contributed by atoms with E-state index in [2.05, 4.69) is 5.32 Å². The van der Waals surface area contributed by atoms with Crippen molar-refractivity contribution in [3.8, 4) is 0 Å². The molecule has 3 rings (SSSR count). The van der Waals surface area contributed by atoms with Gasteiger partial charge >= 0.3 is 0 Å². The van der Waals surface area contributed by atoms with E-state index in [4.69, 9.17) is 23.2 Å². The molecule has 0 aliphatic heterocycles. The second-order valence-electron chi connectivity index (χ2n) is 8.57. The van der Waals surface area contributed by atoms with Gasteiger partial charge in [0.2, 0.25) is 11.8 Å². The molecule has 0 heterocycles. The summed E-state index contributed by atoms with van der Waals surface area (Å²) in [4.78, 5) is 29.0. The zero-order valence-electron chi connectivity index (χ0n) is 19.1. The largest absolute Gasteiger partial charge is 0.352 e. The minimum atomic E-state index is -0.529. The van der Waals surface area contributed by atoms with Crippen LogP contribution in [0.25, 0.3) is 0 Å². The highest BCUT2D eigenvalue weighted by atomic mass is 35.5. The Morgan fingerprint density at radius 1 is 1.00 bits per heavy atom. The maximum absolute atomic E-state index is 13.2. The molecule has 4 nitrogen and oxygen atoms in total. The highest BCUT2D eigenvalue weighted by Crippen LogP contribution is 2.23. The van der Waals surface area contributed by atoms with Crippen LogP contribution in [0.15, 0.2) is 53.4 Å². The molecule has 0 unspecified atom stereocenters. The summed E-state index contributed by atoms with van der Waals surface area (Å²) < 4.78 is 0. The van der Waals surface area contributed by atoms with Gasteiger partial charge in [0.1, 0.15) is 6.04 Å². The molecule has 1 aliphatic rings. The van der Waals surface area contributed by atoms with Gasteiger partial charge in [-0.3, -0.25) is 9.59 Å². The number of nitrogens with zero attached hydrogens (tertiary/aromatic N) is 1. The maximum Gasteiger partial charge on any atom is 0.242 e. The van der Waals surface area contributed by atoms with E-state index >= 15 is 0 Å². The standard InChI is InChI=1S/C26H32Cl2N2O2S/c1-19(26(32)29-23-6-3-2-4-7-23)30(18-20-9-11-21(27)12-10-20)25(31)8-5-17-33-24-15-13-22(28)14-16-24/h9-16,19,23H,2-8,17-18H2,1H3,(H,29,32)/t19-/m0/s1. The van der Waals surface area contributed by atoms with E-state index in [1.807, 2.05) is 55.5 Å². The predicted octanol–water partition coefficient (Wildman–Crippen LogP) is 6.73. The van der Waals surface area contributed by atoms with Crippen LogP contribution in [0.2, 0.25) is 10.0 Å². The van der Waals surface area contributed by atoms with Gasteiger partial charge < -0.3 is 10.2 Å². The molecule has 1 atom stereocenters. The van der Waals surface area contributed by atoms with Gasteiger partial charge in [-0.25, -0.2) is 0 Å². The number of amides is 2. The number of benzene rings is 2. The molecule has 0 aromatic heterocycles. The van der Waals surface area contributed by atoms with E-state index < -0.39 is 6.04 Å². The smallest absolute Gasteiger partial charge is 0.242 e. The molecular weight excluding hydrogens is 475 g/mol.